The monoisotopic (exact) mass is 449 g/mol. The first-order valence-corrected chi connectivity index (χ1v) is 11.0. The van der Waals surface area contributed by atoms with E-state index < -0.39 is 5.97 Å². The highest BCUT2D eigenvalue weighted by Crippen LogP contribution is 2.41. The van der Waals surface area contributed by atoms with Crippen LogP contribution in [0.4, 0.5) is 0 Å². The van der Waals surface area contributed by atoms with Crippen LogP contribution in [0.15, 0.2) is 53.6 Å². The van der Waals surface area contributed by atoms with Crippen LogP contribution in [0.25, 0.3) is 10.9 Å². The molecule has 3 aromatic rings. The number of para-hydroxylation sites is 1. The van der Waals surface area contributed by atoms with Crippen LogP contribution >= 0.6 is 0 Å². The molecule has 1 atom stereocenters. The van der Waals surface area contributed by atoms with Crippen molar-refractivity contribution in [3.63, 3.8) is 0 Å². The first-order valence-electron chi connectivity index (χ1n) is 11.0. The molecule has 4 rings (SSSR count). The standard InChI is InChI=1S/C25H27N3O5/c1-16-4-3-5-20-23(16)26-15-28(25(20)31)13-12-22(30)33-14-21(29)27-24(17-6-7-17)18-8-10-19(32-2)11-9-18/h3-5,8-11,15,17,24H,6-7,12-14H2,1-2H3,(H,27,29). The molecular weight excluding hydrogens is 422 g/mol. The van der Waals surface area contributed by atoms with E-state index in [1.54, 1.807) is 19.2 Å². The SMILES string of the molecule is COc1ccc(C(NC(=O)COC(=O)CCn2cnc3c(C)cccc3c2=O)C2CC2)cc1. The van der Waals surface area contributed by atoms with Gasteiger partial charge in [0, 0.05) is 6.54 Å². The Balaban J connectivity index is 1.29. The summed E-state index contributed by atoms with van der Waals surface area (Å²) in [6.07, 6.45) is 3.50. The van der Waals surface area contributed by atoms with Gasteiger partial charge in [0.1, 0.15) is 5.75 Å². The smallest absolute Gasteiger partial charge is 0.308 e. The molecule has 1 unspecified atom stereocenters. The van der Waals surface area contributed by atoms with Gasteiger partial charge in [-0.3, -0.25) is 19.0 Å². The number of benzene rings is 2. The second kappa shape index (κ2) is 9.85. The zero-order valence-corrected chi connectivity index (χ0v) is 18.7. The van der Waals surface area contributed by atoms with E-state index in [9.17, 15) is 14.4 Å². The molecule has 1 N–H and O–H groups in total. The Bertz CT molecular complexity index is 1210. The van der Waals surface area contributed by atoms with E-state index in [1.165, 1.54) is 10.9 Å². The Morgan fingerprint density at radius 1 is 1.18 bits per heavy atom. The molecule has 1 aromatic heterocycles. The third-order valence-electron chi connectivity index (χ3n) is 5.86. The number of esters is 1. The predicted molar refractivity (Wildman–Crippen MR) is 123 cm³/mol. The van der Waals surface area contributed by atoms with Crippen LogP contribution in [-0.2, 0) is 20.9 Å². The maximum atomic E-state index is 12.6. The number of nitrogens with zero attached hydrogens (tertiary/aromatic N) is 2. The molecule has 1 amide bonds. The van der Waals surface area contributed by atoms with Crippen molar-refractivity contribution in [1.29, 1.82) is 0 Å². The quantitative estimate of drug-likeness (QED) is 0.504. The topological polar surface area (TPSA) is 99.5 Å². The fraction of sp³-hybridized carbons (Fsp3) is 0.360. The molecule has 0 aliphatic heterocycles. The van der Waals surface area contributed by atoms with Gasteiger partial charge in [0.05, 0.1) is 36.8 Å². The third kappa shape index (κ3) is 5.39. The van der Waals surface area contributed by atoms with E-state index in [0.29, 0.717) is 16.8 Å². The van der Waals surface area contributed by atoms with Crippen molar-refractivity contribution in [1.82, 2.24) is 14.9 Å². The maximum absolute atomic E-state index is 12.6. The summed E-state index contributed by atoms with van der Waals surface area (Å²) in [4.78, 5) is 41.5. The van der Waals surface area contributed by atoms with Gasteiger partial charge < -0.3 is 14.8 Å². The minimum Gasteiger partial charge on any atom is -0.497 e. The molecular formula is C25H27N3O5. The molecule has 8 heteroatoms. The van der Waals surface area contributed by atoms with Gasteiger partial charge in [0.25, 0.3) is 11.5 Å². The molecule has 1 aliphatic rings. The van der Waals surface area contributed by atoms with Gasteiger partial charge in [0.2, 0.25) is 0 Å². The van der Waals surface area contributed by atoms with Crippen LogP contribution in [0, 0.1) is 12.8 Å². The van der Waals surface area contributed by atoms with Gasteiger partial charge in [0.15, 0.2) is 6.61 Å². The zero-order chi connectivity index (χ0) is 23.4. The molecule has 0 radical (unpaired) electrons. The summed E-state index contributed by atoms with van der Waals surface area (Å²) in [6.45, 7) is 1.67. The lowest BCUT2D eigenvalue weighted by atomic mass is 10.0. The Kier molecular flexibility index (Phi) is 6.72. The van der Waals surface area contributed by atoms with Crippen LogP contribution in [0.3, 0.4) is 0 Å². The minimum absolute atomic E-state index is 0.0310. The van der Waals surface area contributed by atoms with Gasteiger partial charge in [-0.05, 0) is 55.0 Å². The van der Waals surface area contributed by atoms with Crippen molar-refractivity contribution < 1.29 is 19.1 Å². The van der Waals surface area contributed by atoms with Crippen molar-refractivity contribution in [2.24, 2.45) is 5.92 Å². The van der Waals surface area contributed by atoms with Crippen LogP contribution < -0.4 is 15.6 Å². The summed E-state index contributed by atoms with van der Waals surface area (Å²) in [5.41, 5.74) is 2.36. The summed E-state index contributed by atoms with van der Waals surface area (Å²) >= 11 is 0. The van der Waals surface area contributed by atoms with Crippen molar-refractivity contribution >= 4 is 22.8 Å². The molecule has 8 nitrogen and oxygen atoms in total. The minimum atomic E-state index is -0.547. The summed E-state index contributed by atoms with van der Waals surface area (Å²) in [7, 11) is 1.61. The fourth-order valence-corrected chi connectivity index (χ4v) is 3.86. The Morgan fingerprint density at radius 3 is 2.64 bits per heavy atom. The van der Waals surface area contributed by atoms with Crippen molar-refractivity contribution in [3.8, 4) is 5.75 Å². The number of nitrogens with one attached hydrogen (secondary N) is 1. The number of methoxy groups -OCH3 is 1. The number of aromatic nitrogens is 2. The number of aryl methyl sites for hydroxylation is 2. The van der Waals surface area contributed by atoms with Gasteiger partial charge in [-0.1, -0.05) is 24.3 Å². The number of amides is 1. The van der Waals surface area contributed by atoms with E-state index in [2.05, 4.69) is 10.3 Å². The predicted octanol–water partition coefficient (Wildman–Crippen LogP) is 2.91. The highest BCUT2D eigenvalue weighted by molar-refractivity contribution is 5.81. The summed E-state index contributed by atoms with van der Waals surface area (Å²) in [6, 6.07) is 12.9. The summed E-state index contributed by atoms with van der Waals surface area (Å²) in [5, 5.41) is 3.48. The largest absolute Gasteiger partial charge is 0.497 e. The molecule has 2 aromatic carbocycles. The number of carbonyl (C=O) groups is 2. The van der Waals surface area contributed by atoms with Gasteiger partial charge in [-0.25, -0.2) is 4.98 Å². The highest BCUT2D eigenvalue weighted by Gasteiger charge is 2.33. The third-order valence-corrected chi connectivity index (χ3v) is 5.86. The van der Waals surface area contributed by atoms with Crippen molar-refractivity contribution in [3.05, 3.63) is 70.3 Å². The van der Waals surface area contributed by atoms with Gasteiger partial charge in [-0.2, -0.15) is 0 Å². The van der Waals surface area contributed by atoms with E-state index in [0.717, 1.165) is 29.7 Å². The lowest BCUT2D eigenvalue weighted by Crippen LogP contribution is -2.33. The highest BCUT2D eigenvalue weighted by atomic mass is 16.5. The van der Waals surface area contributed by atoms with E-state index in [1.807, 2.05) is 37.3 Å². The first kappa shape index (κ1) is 22.5. The summed E-state index contributed by atoms with van der Waals surface area (Å²) < 4.78 is 11.7. The molecule has 1 heterocycles. The number of carbonyl (C=O) groups excluding carboxylic acids is 2. The van der Waals surface area contributed by atoms with E-state index in [4.69, 9.17) is 9.47 Å². The summed E-state index contributed by atoms with van der Waals surface area (Å²) in [5.74, 6) is 0.239. The number of rotatable bonds is 9. The molecule has 1 saturated carbocycles. The Morgan fingerprint density at radius 2 is 1.94 bits per heavy atom. The van der Waals surface area contributed by atoms with Crippen molar-refractivity contribution in [2.75, 3.05) is 13.7 Å². The Hall–Kier alpha value is -3.68. The van der Waals surface area contributed by atoms with Crippen LogP contribution in [-0.4, -0.2) is 35.1 Å². The average Bonchev–Trinajstić information content (AvgIpc) is 3.67. The molecule has 0 bridgehead atoms. The lowest BCUT2D eigenvalue weighted by molar-refractivity contribution is -0.149. The second-order valence-electron chi connectivity index (χ2n) is 8.28. The van der Waals surface area contributed by atoms with Crippen molar-refractivity contribution in [2.45, 2.75) is 38.8 Å². The zero-order valence-electron chi connectivity index (χ0n) is 18.7. The number of ether oxygens (including phenoxy) is 2. The molecule has 1 aliphatic carbocycles. The van der Waals surface area contributed by atoms with E-state index in [-0.39, 0.29) is 37.1 Å². The molecule has 0 saturated heterocycles. The molecule has 172 valence electrons. The molecule has 1 fully saturated rings. The molecule has 33 heavy (non-hydrogen) atoms. The Labute approximate surface area is 191 Å². The number of fused-ring (bicyclic) bond motifs is 1. The van der Waals surface area contributed by atoms with Crippen LogP contribution in [0.1, 0.15) is 36.4 Å². The first-order chi connectivity index (χ1) is 16.0. The fourth-order valence-electron chi connectivity index (χ4n) is 3.86. The van der Waals surface area contributed by atoms with Crippen LogP contribution in [0.2, 0.25) is 0 Å². The normalized spacial score (nSPS) is 14.0. The van der Waals surface area contributed by atoms with Gasteiger partial charge >= 0.3 is 5.97 Å². The van der Waals surface area contributed by atoms with E-state index >= 15 is 0 Å². The maximum Gasteiger partial charge on any atom is 0.308 e. The average molecular weight is 450 g/mol. The van der Waals surface area contributed by atoms with Gasteiger partial charge in [-0.15, -0.1) is 0 Å². The number of hydrogen-bond acceptors (Lipinski definition) is 6. The second-order valence-corrected chi connectivity index (χ2v) is 8.28. The van der Waals surface area contributed by atoms with Crippen LogP contribution in [0.5, 0.6) is 5.75 Å². The molecule has 0 spiro atoms. The number of hydrogen-bond donors (Lipinski definition) is 1. The lowest BCUT2D eigenvalue weighted by Gasteiger charge is -2.19.